The van der Waals surface area contributed by atoms with Crippen molar-refractivity contribution in [3.8, 4) is 0 Å². The van der Waals surface area contributed by atoms with Crippen molar-refractivity contribution >= 4 is 0 Å². The Morgan fingerprint density at radius 3 is 2.75 bits per heavy atom. The molecule has 0 amide bonds. The molecule has 0 aliphatic heterocycles. The maximum absolute atomic E-state index is 9.53. The molecule has 1 aliphatic rings. The van der Waals surface area contributed by atoms with E-state index >= 15 is 0 Å². The Balaban J connectivity index is 2.24. The summed E-state index contributed by atoms with van der Waals surface area (Å²) in [5, 5.41) is 9.53. The molecule has 12 heavy (non-hydrogen) atoms. The average molecular weight is 170 g/mol. The molecule has 0 aromatic heterocycles. The van der Waals surface area contributed by atoms with Crippen LogP contribution < -0.4 is 0 Å². The van der Waals surface area contributed by atoms with Crippen LogP contribution in [0.15, 0.2) is 12.2 Å². The first-order chi connectivity index (χ1) is 5.70. The van der Waals surface area contributed by atoms with Crippen molar-refractivity contribution in [3.05, 3.63) is 12.2 Å². The molecule has 0 heterocycles. The van der Waals surface area contributed by atoms with Gasteiger partial charge in [-0.05, 0) is 19.8 Å². The van der Waals surface area contributed by atoms with Gasteiger partial charge in [-0.25, -0.2) is 0 Å². The van der Waals surface area contributed by atoms with Crippen molar-refractivity contribution in [1.82, 2.24) is 0 Å². The summed E-state index contributed by atoms with van der Waals surface area (Å²) in [4.78, 5) is 0. The Morgan fingerprint density at radius 2 is 2.17 bits per heavy atom. The van der Waals surface area contributed by atoms with E-state index in [9.17, 15) is 5.11 Å². The predicted octanol–water partition coefficient (Wildman–Crippen LogP) is 1.88. The Bertz CT molecular complexity index is 154. The first kappa shape index (κ1) is 9.75. The highest BCUT2D eigenvalue weighted by Crippen LogP contribution is 2.21. The van der Waals surface area contributed by atoms with Crippen LogP contribution in [0.25, 0.3) is 0 Å². The van der Waals surface area contributed by atoms with Gasteiger partial charge in [-0.3, -0.25) is 0 Å². The molecular formula is C10H18O2. The standard InChI is InChI=1S/C10H18O2/c1-8(2)7-12-10-6-4-3-5-9(10)11/h9-11H,1,3-7H2,2H3. The molecule has 2 unspecified atom stereocenters. The van der Waals surface area contributed by atoms with Gasteiger partial charge in [0.15, 0.2) is 0 Å². The highest BCUT2D eigenvalue weighted by Gasteiger charge is 2.23. The fraction of sp³-hybridized carbons (Fsp3) is 0.800. The second-order valence-corrected chi connectivity index (χ2v) is 3.66. The zero-order chi connectivity index (χ0) is 8.97. The van der Waals surface area contributed by atoms with E-state index in [0.29, 0.717) is 6.61 Å². The van der Waals surface area contributed by atoms with Crippen molar-refractivity contribution in [3.63, 3.8) is 0 Å². The average Bonchev–Trinajstić information content (AvgIpc) is 2.03. The Hall–Kier alpha value is -0.340. The number of aliphatic hydroxyl groups is 1. The molecule has 1 saturated carbocycles. The van der Waals surface area contributed by atoms with Gasteiger partial charge in [-0.15, -0.1) is 0 Å². The van der Waals surface area contributed by atoms with Crippen LogP contribution in [-0.4, -0.2) is 23.9 Å². The van der Waals surface area contributed by atoms with Crippen molar-refractivity contribution in [2.24, 2.45) is 0 Å². The van der Waals surface area contributed by atoms with Crippen LogP contribution in [0, 0.1) is 0 Å². The van der Waals surface area contributed by atoms with Gasteiger partial charge in [0.05, 0.1) is 18.8 Å². The third-order valence-electron chi connectivity index (χ3n) is 2.21. The third kappa shape index (κ3) is 2.95. The van der Waals surface area contributed by atoms with E-state index < -0.39 is 0 Å². The van der Waals surface area contributed by atoms with E-state index in [1.165, 1.54) is 6.42 Å². The molecule has 1 N–H and O–H groups in total. The van der Waals surface area contributed by atoms with Crippen LogP contribution in [0.2, 0.25) is 0 Å². The summed E-state index contributed by atoms with van der Waals surface area (Å²) < 4.78 is 5.51. The zero-order valence-electron chi connectivity index (χ0n) is 7.75. The monoisotopic (exact) mass is 170 g/mol. The predicted molar refractivity (Wildman–Crippen MR) is 49.0 cm³/mol. The number of hydrogen-bond acceptors (Lipinski definition) is 2. The van der Waals surface area contributed by atoms with Crippen molar-refractivity contribution in [2.75, 3.05) is 6.61 Å². The van der Waals surface area contributed by atoms with E-state index in [0.717, 1.165) is 24.8 Å². The summed E-state index contributed by atoms with van der Waals surface area (Å²) in [6.45, 7) is 6.28. The number of ether oxygens (including phenoxy) is 1. The van der Waals surface area contributed by atoms with Crippen LogP contribution in [0.5, 0.6) is 0 Å². The topological polar surface area (TPSA) is 29.5 Å². The Morgan fingerprint density at radius 1 is 1.50 bits per heavy atom. The van der Waals surface area contributed by atoms with Crippen molar-refractivity contribution in [1.29, 1.82) is 0 Å². The van der Waals surface area contributed by atoms with Crippen LogP contribution in [0.1, 0.15) is 32.6 Å². The van der Waals surface area contributed by atoms with Gasteiger partial charge < -0.3 is 9.84 Å². The minimum atomic E-state index is -0.252. The molecule has 1 fully saturated rings. The smallest absolute Gasteiger partial charge is 0.0838 e. The molecule has 1 aliphatic carbocycles. The van der Waals surface area contributed by atoms with Crippen molar-refractivity contribution < 1.29 is 9.84 Å². The first-order valence-corrected chi connectivity index (χ1v) is 4.64. The Kier molecular flexibility index (Phi) is 3.76. The van der Waals surface area contributed by atoms with Gasteiger partial charge in [-0.2, -0.15) is 0 Å². The van der Waals surface area contributed by atoms with E-state index in [4.69, 9.17) is 4.74 Å². The summed E-state index contributed by atoms with van der Waals surface area (Å²) in [5.74, 6) is 0. The fourth-order valence-corrected chi connectivity index (χ4v) is 1.52. The first-order valence-electron chi connectivity index (χ1n) is 4.64. The summed E-state index contributed by atoms with van der Waals surface area (Å²) in [5.41, 5.74) is 1.02. The van der Waals surface area contributed by atoms with E-state index in [2.05, 4.69) is 6.58 Å². The van der Waals surface area contributed by atoms with Gasteiger partial charge in [0, 0.05) is 0 Å². The molecule has 0 radical (unpaired) electrons. The zero-order valence-corrected chi connectivity index (χ0v) is 7.75. The molecule has 0 spiro atoms. The summed E-state index contributed by atoms with van der Waals surface area (Å²) in [6.07, 6.45) is 4.00. The van der Waals surface area contributed by atoms with Gasteiger partial charge in [0.25, 0.3) is 0 Å². The highest BCUT2D eigenvalue weighted by molar-refractivity contribution is 4.88. The number of aliphatic hydroxyl groups excluding tert-OH is 1. The SMILES string of the molecule is C=C(C)COC1CCCCC1O. The van der Waals surface area contributed by atoms with Gasteiger partial charge in [-0.1, -0.05) is 25.0 Å². The number of hydrogen-bond donors (Lipinski definition) is 1. The minimum absolute atomic E-state index is 0.0513. The molecule has 1 rings (SSSR count). The lowest BCUT2D eigenvalue weighted by molar-refractivity contribution is -0.0508. The normalized spacial score (nSPS) is 30.2. The summed E-state index contributed by atoms with van der Waals surface area (Å²) in [7, 11) is 0. The lowest BCUT2D eigenvalue weighted by Crippen LogP contribution is -2.32. The molecular weight excluding hydrogens is 152 g/mol. The molecule has 0 aromatic rings. The van der Waals surface area contributed by atoms with Gasteiger partial charge >= 0.3 is 0 Å². The summed E-state index contributed by atoms with van der Waals surface area (Å²) >= 11 is 0. The van der Waals surface area contributed by atoms with Gasteiger partial charge in [0.2, 0.25) is 0 Å². The highest BCUT2D eigenvalue weighted by atomic mass is 16.5. The van der Waals surface area contributed by atoms with Crippen LogP contribution in [0.3, 0.4) is 0 Å². The molecule has 0 aromatic carbocycles. The molecule has 70 valence electrons. The number of rotatable bonds is 3. The molecule has 2 nitrogen and oxygen atoms in total. The second-order valence-electron chi connectivity index (χ2n) is 3.66. The summed E-state index contributed by atoms with van der Waals surface area (Å²) in [6, 6.07) is 0. The lowest BCUT2D eigenvalue weighted by atomic mass is 9.95. The molecule has 0 bridgehead atoms. The van der Waals surface area contributed by atoms with Crippen LogP contribution in [0.4, 0.5) is 0 Å². The Labute approximate surface area is 74.2 Å². The third-order valence-corrected chi connectivity index (χ3v) is 2.21. The van der Waals surface area contributed by atoms with Crippen molar-refractivity contribution in [2.45, 2.75) is 44.8 Å². The maximum atomic E-state index is 9.53. The van der Waals surface area contributed by atoms with E-state index in [1.807, 2.05) is 6.92 Å². The molecule has 2 heteroatoms. The van der Waals surface area contributed by atoms with Crippen LogP contribution >= 0.6 is 0 Å². The minimum Gasteiger partial charge on any atom is -0.390 e. The largest absolute Gasteiger partial charge is 0.390 e. The molecule has 2 atom stereocenters. The lowest BCUT2D eigenvalue weighted by Gasteiger charge is -2.27. The van der Waals surface area contributed by atoms with E-state index in [-0.39, 0.29) is 12.2 Å². The molecule has 0 saturated heterocycles. The maximum Gasteiger partial charge on any atom is 0.0838 e. The van der Waals surface area contributed by atoms with Crippen LogP contribution in [-0.2, 0) is 4.74 Å². The van der Waals surface area contributed by atoms with Gasteiger partial charge in [0.1, 0.15) is 0 Å². The quantitative estimate of drug-likeness (QED) is 0.655. The fourth-order valence-electron chi connectivity index (χ4n) is 1.52. The second kappa shape index (κ2) is 4.63. The van der Waals surface area contributed by atoms with E-state index in [1.54, 1.807) is 0 Å².